The van der Waals surface area contributed by atoms with E-state index in [1.165, 1.54) is 7.11 Å². The summed E-state index contributed by atoms with van der Waals surface area (Å²) in [5.41, 5.74) is 4.37. The molecule has 0 saturated carbocycles. The molecule has 0 aromatic heterocycles. The number of benzene rings is 2. The van der Waals surface area contributed by atoms with Crippen molar-refractivity contribution < 1.29 is 14.1 Å². The molecule has 4 nitrogen and oxygen atoms in total. The fourth-order valence-corrected chi connectivity index (χ4v) is 3.07. The standard InChI is InChI=1S/C19H21N2O2/c1-14-8-4-6-10-16(14)20-12-13-21(18(20)19(22)23-3)17-11-7-5-9-15(17)2/h4-11H,12-13H2,1-3H3/q+1. The van der Waals surface area contributed by atoms with Gasteiger partial charge in [0.1, 0.15) is 24.5 Å². The van der Waals surface area contributed by atoms with Gasteiger partial charge in [-0.1, -0.05) is 36.4 Å². The fourth-order valence-electron chi connectivity index (χ4n) is 3.07. The van der Waals surface area contributed by atoms with Gasteiger partial charge in [-0.2, -0.15) is 0 Å². The van der Waals surface area contributed by atoms with Gasteiger partial charge in [0.25, 0.3) is 0 Å². The Balaban J connectivity index is 2.16. The average molecular weight is 309 g/mol. The van der Waals surface area contributed by atoms with E-state index in [1.807, 2.05) is 45.9 Å². The van der Waals surface area contributed by atoms with Crippen molar-refractivity contribution in [2.75, 3.05) is 25.1 Å². The van der Waals surface area contributed by atoms with Gasteiger partial charge in [0.15, 0.2) is 0 Å². The molecule has 0 bridgehead atoms. The predicted molar refractivity (Wildman–Crippen MR) is 91.5 cm³/mol. The molecule has 0 fully saturated rings. The predicted octanol–water partition coefficient (Wildman–Crippen LogP) is 3.04. The number of carbonyl (C=O) groups excluding carboxylic acids is 1. The summed E-state index contributed by atoms with van der Waals surface area (Å²) in [4.78, 5) is 14.5. The van der Waals surface area contributed by atoms with Gasteiger partial charge in [-0.05, 0) is 37.1 Å². The largest absolute Gasteiger partial charge is 0.460 e. The number of rotatable bonds is 3. The lowest BCUT2D eigenvalue weighted by Gasteiger charge is -2.14. The lowest BCUT2D eigenvalue weighted by Crippen LogP contribution is -2.36. The van der Waals surface area contributed by atoms with E-state index in [1.54, 1.807) is 0 Å². The van der Waals surface area contributed by atoms with Crippen molar-refractivity contribution in [3.05, 3.63) is 59.7 Å². The number of esters is 1. The molecule has 0 saturated heterocycles. The van der Waals surface area contributed by atoms with Crippen LogP contribution in [0, 0.1) is 13.8 Å². The highest BCUT2D eigenvalue weighted by Gasteiger charge is 2.40. The van der Waals surface area contributed by atoms with Gasteiger partial charge in [0, 0.05) is 0 Å². The van der Waals surface area contributed by atoms with E-state index in [9.17, 15) is 4.79 Å². The molecule has 0 amide bonds. The third-order valence-corrected chi connectivity index (χ3v) is 4.24. The Morgan fingerprint density at radius 1 is 1.04 bits per heavy atom. The van der Waals surface area contributed by atoms with Gasteiger partial charge in [-0.3, -0.25) is 0 Å². The van der Waals surface area contributed by atoms with Crippen molar-refractivity contribution in [3.63, 3.8) is 0 Å². The van der Waals surface area contributed by atoms with Gasteiger partial charge >= 0.3 is 11.8 Å². The molecule has 0 radical (unpaired) electrons. The molecule has 118 valence electrons. The highest BCUT2D eigenvalue weighted by Crippen LogP contribution is 2.27. The van der Waals surface area contributed by atoms with Gasteiger partial charge in [-0.25, -0.2) is 14.3 Å². The molecule has 0 aliphatic carbocycles. The Morgan fingerprint density at radius 2 is 1.70 bits per heavy atom. The van der Waals surface area contributed by atoms with Crippen LogP contribution in [0.4, 0.5) is 11.4 Å². The molecule has 2 aromatic rings. The van der Waals surface area contributed by atoms with Gasteiger partial charge < -0.3 is 4.74 Å². The minimum Gasteiger partial charge on any atom is -0.460 e. The van der Waals surface area contributed by atoms with Crippen LogP contribution in [-0.2, 0) is 9.53 Å². The number of nitrogens with zero attached hydrogens (tertiary/aromatic N) is 2. The third-order valence-electron chi connectivity index (χ3n) is 4.24. The Labute approximate surface area is 136 Å². The van der Waals surface area contributed by atoms with Crippen molar-refractivity contribution in [2.24, 2.45) is 0 Å². The minimum absolute atomic E-state index is 0.311. The summed E-state index contributed by atoms with van der Waals surface area (Å²) in [6.07, 6.45) is 0. The Bertz CT molecular complexity index is 780. The second kappa shape index (κ2) is 6.24. The maximum absolute atomic E-state index is 12.5. The summed E-state index contributed by atoms with van der Waals surface area (Å²) < 4.78 is 7.11. The lowest BCUT2D eigenvalue weighted by molar-refractivity contribution is -0.428. The van der Waals surface area contributed by atoms with Crippen LogP contribution < -0.4 is 4.90 Å². The van der Waals surface area contributed by atoms with E-state index in [-0.39, 0.29) is 5.97 Å². The first-order chi connectivity index (χ1) is 11.1. The molecule has 4 heteroatoms. The van der Waals surface area contributed by atoms with Crippen LogP contribution in [0.2, 0.25) is 0 Å². The number of hydrogen-bond donors (Lipinski definition) is 0. The molecule has 0 unspecified atom stereocenters. The monoisotopic (exact) mass is 309 g/mol. The maximum Gasteiger partial charge on any atom is 0.421 e. The van der Waals surface area contributed by atoms with Crippen LogP contribution >= 0.6 is 0 Å². The minimum atomic E-state index is -0.311. The van der Waals surface area contributed by atoms with E-state index in [4.69, 9.17) is 4.74 Å². The van der Waals surface area contributed by atoms with E-state index in [0.29, 0.717) is 5.84 Å². The van der Waals surface area contributed by atoms with Crippen LogP contribution in [0.5, 0.6) is 0 Å². The number of anilines is 1. The van der Waals surface area contributed by atoms with Crippen molar-refractivity contribution in [3.8, 4) is 0 Å². The zero-order valence-electron chi connectivity index (χ0n) is 13.7. The summed E-state index contributed by atoms with van der Waals surface area (Å²) in [6, 6.07) is 16.2. The van der Waals surface area contributed by atoms with Crippen molar-refractivity contribution in [1.29, 1.82) is 0 Å². The Kier molecular flexibility index (Phi) is 4.15. The van der Waals surface area contributed by atoms with E-state index in [0.717, 1.165) is 35.6 Å². The molecule has 2 aromatic carbocycles. The highest BCUT2D eigenvalue weighted by atomic mass is 16.5. The van der Waals surface area contributed by atoms with Crippen LogP contribution in [0.15, 0.2) is 48.5 Å². The van der Waals surface area contributed by atoms with Crippen LogP contribution in [0.3, 0.4) is 0 Å². The highest BCUT2D eigenvalue weighted by molar-refractivity contribution is 6.39. The molecule has 0 N–H and O–H groups in total. The number of aryl methyl sites for hydroxylation is 2. The smallest absolute Gasteiger partial charge is 0.421 e. The number of ether oxygens (including phenoxy) is 1. The molecule has 23 heavy (non-hydrogen) atoms. The van der Waals surface area contributed by atoms with Gasteiger partial charge in [0.05, 0.1) is 7.11 Å². The number of hydrogen-bond acceptors (Lipinski definition) is 3. The van der Waals surface area contributed by atoms with Crippen molar-refractivity contribution in [1.82, 2.24) is 0 Å². The maximum atomic E-state index is 12.5. The first-order valence-electron chi connectivity index (χ1n) is 7.75. The van der Waals surface area contributed by atoms with Crippen molar-refractivity contribution in [2.45, 2.75) is 13.8 Å². The molecular weight excluding hydrogens is 288 g/mol. The summed E-state index contributed by atoms with van der Waals surface area (Å²) in [6.45, 7) is 5.62. The number of methoxy groups -OCH3 is 1. The van der Waals surface area contributed by atoms with Crippen LogP contribution in [-0.4, -0.2) is 36.6 Å². The van der Waals surface area contributed by atoms with Gasteiger partial charge in [-0.15, -0.1) is 0 Å². The molecular formula is C19H21N2O2+. The molecule has 0 atom stereocenters. The second-order valence-electron chi connectivity index (χ2n) is 5.69. The summed E-state index contributed by atoms with van der Waals surface area (Å²) >= 11 is 0. The third kappa shape index (κ3) is 2.72. The Morgan fingerprint density at radius 3 is 2.35 bits per heavy atom. The molecule has 1 heterocycles. The molecule has 1 aliphatic rings. The van der Waals surface area contributed by atoms with Crippen molar-refractivity contribution >= 4 is 23.2 Å². The van der Waals surface area contributed by atoms with Crippen LogP contribution in [0.25, 0.3) is 0 Å². The first kappa shape index (κ1) is 15.3. The van der Waals surface area contributed by atoms with E-state index >= 15 is 0 Å². The molecule has 1 aliphatic heterocycles. The second-order valence-corrected chi connectivity index (χ2v) is 5.69. The fraction of sp³-hybridized carbons (Fsp3) is 0.263. The van der Waals surface area contributed by atoms with E-state index in [2.05, 4.69) is 26.0 Å². The van der Waals surface area contributed by atoms with Crippen LogP contribution in [0.1, 0.15) is 11.1 Å². The number of amidine groups is 1. The molecule has 0 spiro atoms. The quantitative estimate of drug-likeness (QED) is 0.645. The van der Waals surface area contributed by atoms with E-state index < -0.39 is 0 Å². The zero-order chi connectivity index (χ0) is 16.4. The average Bonchev–Trinajstić information content (AvgIpc) is 2.99. The Hall–Kier alpha value is -2.62. The molecule has 3 rings (SSSR count). The normalized spacial score (nSPS) is 14.3. The summed E-state index contributed by atoms with van der Waals surface area (Å²) in [5.74, 6) is 0.269. The topological polar surface area (TPSA) is 32.6 Å². The zero-order valence-corrected chi connectivity index (χ0v) is 13.7. The SMILES string of the molecule is COC(=O)C1=[N+](c2ccccc2C)CCN1c1ccccc1C. The first-order valence-corrected chi connectivity index (χ1v) is 7.75. The summed E-state index contributed by atoms with van der Waals surface area (Å²) in [5, 5.41) is 0. The van der Waals surface area contributed by atoms with Gasteiger partial charge in [0.2, 0.25) is 0 Å². The lowest BCUT2D eigenvalue weighted by atomic mass is 10.2. The number of para-hydroxylation sites is 2. The summed E-state index contributed by atoms with van der Waals surface area (Å²) in [7, 11) is 1.43. The number of carbonyl (C=O) groups is 1.